The average Bonchev–Trinajstić information content (AvgIpc) is 3.14. The molecule has 0 spiro atoms. The first-order valence-corrected chi connectivity index (χ1v) is 10.2. The van der Waals surface area contributed by atoms with Gasteiger partial charge < -0.3 is 14.8 Å². The Morgan fingerprint density at radius 3 is 2.62 bits per heavy atom. The molecule has 1 N–H and O–H groups in total. The van der Waals surface area contributed by atoms with Gasteiger partial charge in [0.25, 0.3) is 0 Å². The van der Waals surface area contributed by atoms with Crippen molar-refractivity contribution < 1.29 is 14.3 Å². The van der Waals surface area contributed by atoms with E-state index >= 15 is 0 Å². The van der Waals surface area contributed by atoms with Crippen LogP contribution in [0, 0.1) is 0 Å². The van der Waals surface area contributed by atoms with Crippen LogP contribution >= 0.6 is 23.4 Å². The molecule has 7 nitrogen and oxygen atoms in total. The smallest absolute Gasteiger partial charge is 0.234 e. The minimum absolute atomic E-state index is 0.158. The Kier molecular flexibility index (Phi) is 7.51. The number of carbonyl (C=O) groups excluding carboxylic acids is 1. The molecule has 1 aromatic heterocycles. The van der Waals surface area contributed by atoms with Gasteiger partial charge in [0.15, 0.2) is 11.0 Å². The number of benzene rings is 2. The summed E-state index contributed by atoms with van der Waals surface area (Å²) in [6.07, 6.45) is 0. The molecule has 0 aliphatic carbocycles. The molecule has 3 rings (SSSR count). The number of hydrogen-bond donors (Lipinski definition) is 1. The lowest BCUT2D eigenvalue weighted by Gasteiger charge is -2.11. The quantitative estimate of drug-likeness (QED) is 0.515. The lowest BCUT2D eigenvalue weighted by molar-refractivity contribution is -0.113. The number of nitrogens with one attached hydrogen (secondary N) is 1. The summed E-state index contributed by atoms with van der Waals surface area (Å²) in [5.74, 6) is 1.34. The highest BCUT2D eigenvalue weighted by Crippen LogP contribution is 2.26. The molecule has 0 bridgehead atoms. The number of halogens is 1. The van der Waals surface area contributed by atoms with Gasteiger partial charge >= 0.3 is 0 Å². The van der Waals surface area contributed by atoms with Gasteiger partial charge in [-0.2, -0.15) is 0 Å². The number of amides is 1. The largest absolute Gasteiger partial charge is 0.495 e. The third-order valence-corrected chi connectivity index (χ3v) is 5.27. The van der Waals surface area contributed by atoms with Crippen LogP contribution in [0.4, 0.5) is 5.69 Å². The first kappa shape index (κ1) is 21.2. The molecule has 0 saturated heterocycles. The van der Waals surface area contributed by atoms with E-state index < -0.39 is 0 Å². The Labute approximate surface area is 178 Å². The molecule has 0 fully saturated rings. The Morgan fingerprint density at radius 1 is 1.14 bits per heavy atom. The zero-order chi connectivity index (χ0) is 20.6. The van der Waals surface area contributed by atoms with Crippen LogP contribution in [-0.2, 0) is 16.1 Å². The first-order valence-electron chi connectivity index (χ1n) is 8.86. The molecule has 9 heteroatoms. The van der Waals surface area contributed by atoms with Gasteiger partial charge in [0.2, 0.25) is 5.91 Å². The molecule has 0 aliphatic heterocycles. The second-order valence-electron chi connectivity index (χ2n) is 5.99. The van der Waals surface area contributed by atoms with Crippen molar-refractivity contribution in [3.8, 4) is 17.1 Å². The standard InChI is InChI=1S/C20H21ClN4O3S/c1-27-12-11-25-19(14-7-9-15(21)10-8-14)23-24-20(25)29-13-18(26)22-16-5-3-4-6-17(16)28-2/h3-10H,11-13H2,1-2H3,(H,22,26). The van der Waals surface area contributed by atoms with Crippen LogP contribution < -0.4 is 10.1 Å². The molecular formula is C20H21ClN4O3S. The summed E-state index contributed by atoms with van der Waals surface area (Å²) in [6.45, 7) is 1.07. The molecule has 152 valence electrons. The number of ether oxygens (including phenoxy) is 2. The summed E-state index contributed by atoms with van der Waals surface area (Å²) in [6, 6.07) is 14.7. The summed E-state index contributed by atoms with van der Waals surface area (Å²) < 4.78 is 12.4. The summed E-state index contributed by atoms with van der Waals surface area (Å²) in [5, 5.41) is 12.7. The molecule has 2 aromatic carbocycles. The highest BCUT2D eigenvalue weighted by Gasteiger charge is 2.16. The molecule has 0 unspecified atom stereocenters. The predicted octanol–water partition coefficient (Wildman–Crippen LogP) is 3.98. The number of carbonyl (C=O) groups is 1. The fraction of sp³-hybridized carbons (Fsp3) is 0.250. The van der Waals surface area contributed by atoms with Crippen molar-refractivity contribution in [1.82, 2.24) is 14.8 Å². The molecule has 1 amide bonds. The van der Waals surface area contributed by atoms with Gasteiger partial charge in [-0.15, -0.1) is 10.2 Å². The SMILES string of the molecule is COCCn1c(SCC(=O)Nc2ccccc2OC)nnc1-c1ccc(Cl)cc1. The van der Waals surface area contributed by atoms with E-state index in [0.29, 0.717) is 40.6 Å². The minimum Gasteiger partial charge on any atom is -0.495 e. The summed E-state index contributed by atoms with van der Waals surface area (Å²) >= 11 is 7.29. The summed E-state index contributed by atoms with van der Waals surface area (Å²) in [7, 11) is 3.20. The molecule has 0 atom stereocenters. The molecule has 1 heterocycles. The van der Waals surface area contributed by atoms with Crippen LogP contribution in [0.5, 0.6) is 5.75 Å². The third-order valence-electron chi connectivity index (χ3n) is 4.05. The van der Waals surface area contributed by atoms with E-state index in [0.717, 1.165) is 5.56 Å². The van der Waals surface area contributed by atoms with Crippen molar-refractivity contribution >= 4 is 35.0 Å². The number of para-hydroxylation sites is 2. The number of thioether (sulfide) groups is 1. The van der Waals surface area contributed by atoms with E-state index in [1.807, 2.05) is 28.8 Å². The highest BCUT2D eigenvalue weighted by atomic mass is 35.5. The molecule has 0 radical (unpaired) electrons. The zero-order valence-electron chi connectivity index (χ0n) is 16.1. The number of methoxy groups -OCH3 is 2. The van der Waals surface area contributed by atoms with Crippen molar-refractivity contribution in [3.05, 3.63) is 53.6 Å². The maximum atomic E-state index is 12.4. The van der Waals surface area contributed by atoms with Crippen molar-refractivity contribution in [2.24, 2.45) is 0 Å². The zero-order valence-corrected chi connectivity index (χ0v) is 17.7. The van der Waals surface area contributed by atoms with Crippen LogP contribution in [-0.4, -0.2) is 47.3 Å². The Morgan fingerprint density at radius 2 is 1.90 bits per heavy atom. The van der Waals surface area contributed by atoms with Crippen molar-refractivity contribution in [2.75, 3.05) is 31.9 Å². The van der Waals surface area contributed by atoms with E-state index in [1.54, 1.807) is 38.5 Å². The highest BCUT2D eigenvalue weighted by molar-refractivity contribution is 7.99. The van der Waals surface area contributed by atoms with Gasteiger partial charge in [0.05, 0.1) is 31.7 Å². The average molecular weight is 433 g/mol. The number of nitrogens with zero attached hydrogens (tertiary/aromatic N) is 3. The van der Waals surface area contributed by atoms with Gasteiger partial charge in [-0.05, 0) is 36.4 Å². The van der Waals surface area contributed by atoms with Crippen molar-refractivity contribution in [3.63, 3.8) is 0 Å². The summed E-state index contributed by atoms with van der Waals surface area (Å²) in [4.78, 5) is 12.4. The fourth-order valence-electron chi connectivity index (χ4n) is 2.66. The van der Waals surface area contributed by atoms with Crippen LogP contribution in [0.3, 0.4) is 0 Å². The van der Waals surface area contributed by atoms with Crippen LogP contribution in [0.1, 0.15) is 0 Å². The fourth-order valence-corrected chi connectivity index (χ4v) is 3.55. The van der Waals surface area contributed by atoms with Crippen LogP contribution in [0.25, 0.3) is 11.4 Å². The molecule has 0 aliphatic rings. The maximum Gasteiger partial charge on any atom is 0.234 e. The molecule has 3 aromatic rings. The summed E-state index contributed by atoms with van der Waals surface area (Å²) in [5.41, 5.74) is 1.52. The molecular weight excluding hydrogens is 412 g/mol. The number of rotatable bonds is 9. The van der Waals surface area contributed by atoms with E-state index in [-0.39, 0.29) is 11.7 Å². The lowest BCUT2D eigenvalue weighted by atomic mass is 10.2. The number of aromatic nitrogens is 3. The first-order chi connectivity index (χ1) is 14.1. The van der Waals surface area contributed by atoms with E-state index in [1.165, 1.54) is 11.8 Å². The second kappa shape index (κ2) is 10.3. The Hall–Kier alpha value is -2.55. The number of anilines is 1. The topological polar surface area (TPSA) is 78.3 Å². The van der Waals surface area contributed by atoms with Gasteiger partial charge in [-0.1, -0.05) is 35.5 Å². The normalized spacial score (nSPS) is 10.7. The maximum absolute atomic E-state index is 12.4. The molecule has 0 saturated carbocycles. The monoisotopic (exact) mass is 432 g/mol. The Balaban J connectivity index is 1.73. The predicted molar refractivity (Wildman–Crippen MR) is 115 cm³/mol. The van der Waals surface area contributed by atoms with Gasteiger partial charge in [0, 0.05) is 17.7 Å². The number of hydrogen-bond acceptors (Lipinski definition) is 6. The third kappa shape index (κ3) is 5.50. The molecule has 29 heavy (non-hydrogen) atoms. The van der Waals surface area contributed by atoms with Gasteiger partial charge in [-0.25, -0.2) is 0 Å². The van der Waals surface area contributed by atoms with E-state index in [2.05, 4.69) is 15.5 Å². The van der Waals surface area contributed by atoms with Crippen molar-refractivity contribution in [1.29, 1.82) is 0 Å². The van der Waals surface area contributed by atoms with Crippen LogP contribution in [0.2, 0.25) is 5.02 Å². The van der Waals surface area contributed by atoms with Gasteiger partial charge in [0.1, 0.15) is 5.75 Å². The minimum atomic E-state index is -0.158. The second-order valence-corrected chi connectivity index (χ2v) is 7.37. The van der Waals surface area contributed by atoms with Gasteiger partial charge in [-0.3, -0.25) is 9.36 Å². The van der Waals surface area contributed by atoms with Crippen molar-refractivity contribution in [2.45, 2.75) is 11.7 Å². The Bertz CT molecular complexity index is 963. The van der Waals surface area contributed by atoms with E-state index in [4.69, 9.17) is 21.1 Å². The van der Waals surface area contributed by atoms with E-state index in [9.17, 15) is 4.79 Å². The van der Waals surface area contributed by atoms with Crippen LogP contribution in [0.15, 0.2) is 53.7 Å². The lowest BCUT2D eigenvalue weighted by Crippen LogP contribution is -2.15.